The summed E-state index contributed by atoms with van der Waals surface area (Å²) in [6, 6.07) is 0.478. The maximum Gasteiger partial charge on any atom is 0.0634 e. The van der Waals surface area contributed by atoms with Crippen molar-refractivity contribution in [3.05, 3.63) is 0 Å². The minimum Gasteiger partial charge on any atom is -0.378 e. The van der Waals surface area contributed by atoms with Crippen LogP contribution in [-0.2, 0) is 4.74 Å². The molecule has 1 aliphatic heterocycles. The van der Waals surface area contributed by atoms with Crippen LogP contribution in [0.4, 0.5) is 0 Å². The first-order valence-electron chi connectivity index (χ1n) is 8.35. The molecule has 0 aromatic rings. The van der Waals surface area contributed by atoms with Crippen molar-refractivity contribution in [3.63, 3.8) is 0 Å². The number of nitrogens with two attached hydrogens (primary N) is 1. The van der Waals surface area contributed by atoms with Crippen LogP contribution in [0.5, 0.6) is 0 Å². The molecule has 5 aliphatic rings. The van der Waals surface area contributed by atoms with Crippen LogP contribution in [0.15, 0.2) is 0 Å². The Kier molecular flexibility index (Phi) is 3.33. The lowest BCUT2D eigenvalue weighted by atomic mass is 9.52. The van der Waals surface area contributed by atoms with Crippen molar-refractivity contribution < 1.29 is 4.74 Å². The number of nitrogens with zero attached hydrogens (tertiary/aromatic N) is 1. The second-order valence-corrected chi connectivity index (χ2v) is 7.55. The number of morpholine rings is 1. The monoisotopic (exact) mass is 264 g/mol. The Labute approximate surface area is 116 Å². The van der Waals surface area contributed by atoms with Crippen molar-refractivity contribution in [3.8, 4) is 0 Å². The van der Waals surface area contributed by atoms with Crippen LogP contribution >= 0.6 is 0 Å². The van der Waals surface area contributed by atoms with Crippen molar-refractivity contribution in [1.29, 1.82) is 0 Å². The van der Waals surface area contributed by atoms with Crippen molar-refractivity contribution >= 4 is 0 Å². The van der Waals surface area contributed by atoms with E-state index in [1.807, 2.05) is 0 Å². The molecule has 1 atom stereocenters. The summed E-state index contributed by atoms with van der Waals surface area (Å²) in [6.07, 6.45) is 7.71. The van der Waals surface area contributed by atoms with Crippen LogP contribution in [-0.4, -0.2) is 43.8 Å². The highest BCUT2D eigenvalue weighted by molar-refractivity contribution is 4.99. The summed E-state index contributed by atoms with van der Waals surface area (Å²) in [7, 11) is 0. The molecule has 3 nitrogen and oxygen atoms in total. The molecular weight excluding hydrogens is 236 g/mol. The summed E-state index contributed by atoms with van der Waals surface area (Å²) < 4.78 is 5.59. The first kappa shape index (κ1) is 12.6. The molecule has 0 aromatic carbocycles. The zero-order valence-electron chi connectivity index (χ0n) is 12.0. The largest absolute Gasteiger partial charge is 0.378 e. The molecule has 4 aliphatic carbocycles. The predicted molar refractivity (Wildman–Crippen MR) is 75.8 cm³/mol. The van der Waals surface area contributed by atoms with Crippen molar-refractivity contribution in [2.45, 2.75) is 38.1 Å². The van der Waals surface area contributed by atoms with E-state index in [4.69, 9.17) is 10.5 Å². The summed E-state index contributed by atoms with van der Waals surface area (Å²) >= 11 is 0. The Hall–Kier alpha value is -0.120. The highest BCUT2D eigenvalue weighted by Crippen LogP contribution is 2.56. The van der Waals surface area contributed by atoms with Gasteiger partial charge in [-0.1, -0.05) is 0 Å². The van der Waals surface area contributed by atoms with Crippen LogP contribution in [0, 0.1) is 29.6 Å². The van der Waals surface area contributed by atoms with E-state index in [0.717, 1.165) is 55.9 Å². The summed E-state index contributed by atoms with van der Waals surface area (Å²) in [5.41, 5.74) is 5.92. The van der Waals surface area contributed by atoms with Gasteiger partial charge < -0.3 is 10.5 Å². The van der Waals surface area contributed by atoms with Gasteiger partial charge in [0.1, 0.15) is 0 Å². The fraction of sp³-hybridized carbons (Fsp3) is 1.00. The third-order valence-electron chi connectivity index (χ3n) is 6.49. The molecule has 4 bridgehead atoms. The fourth-order valence-electron chi connectivity index (χ4n) is 5.75. The van der Waals surface area contributed by atoms with Gasteiger partial charge >= 0.3 is 0 Å². The number of ether oxygens (including phenoxy) is 1. The second kappa shape index (κ2) is 5.01. The van der Waals surface area contributed by atoms with Crippen molar-refractivity contribution in [2.75, 3.05) is 32.8 Å². The molecule has 1 heterocycles. The van der Waals surface area contributed by atoms with E-state index in [2.05, 4.69) is 4.90 Å². The molecule has 0 spiro atoms. The third kappa shape index (κ3) is 2.24. The van der Waals surface area contributed by atoms with Crippen LogP contribution in [0.1, 0.15) is 32.1 Å². The van der Waals surface area contributed by atoms with Gasteiger partial charge in [0.25, 0.3) is 0 Å². The van der Waals surface area contributed by atoms with Crippen LogP contribution in [0.3, 0.4) is 0 Å². The van der Waals surface area contributed by atoms with Gasteiger partial charge in [0, 0.05) is 25.7 Å². The van der Waals surface area contributed by atoms with Crippen LogP contribution < -0.4 is 5.73 Å². The molecule has 1 unspecified atom stereocenters. The van der Waals surface area contributed by atoms with E-state index in [1.165, 1.54) is 32.2 Å². The Morgan fingerprint density at radius 1 is 1.00 bits per heavy atom. The Balaban J connectivity index is 1.44. The molecule has 4 saturated carbocycles. The molecule has 0 amide bonds. The molecule has 0 aromatic heterocycles. The highest BCUT2D eigenvalue weighted by Gasteiger charge is 2.48. The van der Waals surface area contributed by atoms with Gasteiger partial charge in [-0.05, 0) is 61.7 Å². The second-order valence-electron chi connectivity index (χ2n) is 7.55. The quantitative estimate of drug-likeness (QED) is 0.843. The van der Waals surface area contributed by atoms with Gasteiger partial charge in [-0.2, -0.15) is 0 Å². The average molecular weight is 264 g/mol. The summed E-state index contributed by atoms with van der Waals surface area (Å²) in [6.45, 7) is 4.92. The zero-order chi connectivity index (χ0) is 12.8. The first-order valence-corrected chi connectivity index (χ1v) is 8.35. The van der Waals surface area contributed by atoms with E-state index >= 15 is 0 Å². The van der Waals surface area contributed by atoms with E-state index < -0.39 is 0 Å². The zero-order valence-corrected chi connectivity index (χ0v) is 12.0. The lowest BCUT2D eigenvalue weighted by molar-refractivity contribution is -0.0732. The number of hydrogen-bond donors (Lipinski definition) is 1. The van der Waals surface area contributed by atoms with Crippen LogP contribution in [0.25, 0.3) is 0 Å². The van der Waals surface area contributed by atoms with Gasteiger partial charge in [-0.25, -0.2) is 0 Å². The molecule has 0 radical (unpaired) electrons. The summed E-state index contributed by atoms with van der Waals surface area (Å²) in [5.74, 6) is 5.23. The van der Waals surface area contributed by atoms with Crippen molar-refractivity contribution in [2.24, 2.45) is 35.3 Å². The minimum absolute atomic E-state index is 0.478. The molecule has 5 fully saturated rings. The van der Waals surface area contributed by atoms with E-state index in [1.54, 1.807) is 6.42 Å². The van der Waals surface area contributed by atoms with Gasteiger partial charge in [0.2, 0.25) is 0 Å². The molecule has 1 saturated heterocycles. The standard InChI is InChI=1S/C16H28N2O/c17-8-15-10-19-2-1-18(15)9-16-13-4-11-3-12(6-13)7-14(16)5-11/h11-16H,1-10,17H2. The van der Waals surface area contributed by atoms with E-state index in [9.17, 15) is 0 Å². The molecule has 108 valence electrons. The predicted octanol–water partition coefficient (Wildman–Crippen LogP) is 1.72. The topological polar surface area (TPSA) is 38.5 Å². The third-order valence-corrected chi connectivity index (χ3v) is 6.49. The Morgan fingerprint density at radius 2 is 1.68 bits per heavy atom. The molecule has 5 rings (SSSR count). The van der Waals surface area contributed by atoms with E-state index in [0.29, 0.717) is 6.04 Å². The normalized spacial score (nSPS) is 49.7. The van der Waals surface area contributed by atoms with Gasteiger partial charge in [-0.3, -0.25) is 4.90 Å². The summed E-state index contributed by atoms with van der Waals surface area (Å²) in [4.78, 5) is 2.65. The van der Waals surface area contributed by atoms with Gasteiger partial charge in [-0.15, -0.1) is 0 Å². The van der Waals surface area contributed by atoms with Gasteiger partial charge in [0.05, 0.1) is 13.2 Å². The molecule has 2 N–H and O–H groups in total. The Bertz CT molecular complexity index is 305. The molecular formula is C16H28N2O. The highest BCUT2D eigenvalue weighted by atomic mass is 16.5. The Morgan fingerprint density at radius 3 is 2.32 bits per heavy atom. The molecule has 3 heteroatoms. The maximum absolute atomic E-state index is 5.92. The number of rotatable bonds is 3. The lowest BCUT2D eigenvalue weighted by Gasteiger charge is -2.56. The minimum atomic E-state index is 0.478. The van der Waals surface area contributed by atoms with Gasteiger partial charge in [0.15, 0.2) is 0 Å². The first-order chi connectivity index (χ1) is 9.33. The SMILES string of the molecule is NCC1COCCN1CC1C2CC3CC(C2)CC1C3. The fourth-order valence-corrected chi connectivity index (χ4v) is 5.75. The summed E-state index contributed by atoms with van der Waals surface area (Å²) in [5, 5.41) is 0. The number of hydrogen-bond acceptors (Lipinski definition) is 3. The smallest absolute Gasteiger partial charge is 0.0634 e. The van der Waals surface area contributed by atoms with Crippen LogP contribution in [0.2, 0.25) is 0 Å². The molecule has 19 heavy (non-hydrogen) atoms. The van der Waals surface area contributed by atoms with Crippen molar-refractivity contribution in [1.82, 2.24) is 4.90 Å². The lowest BCUT2D eigenvalue weighted by Crippen LogP contribution is -2.55. The average Bonchev–Trinajstić information content (AvgIpc) is 2.42. The van der Waals surface area contributed by atoms with E-state index in [-0.39, 0.29) is 0 Å². The maximum atomic E-state index is 5.92.